The molecule has 0 saturated carbocycles. The van der Waals surface area contributed by atoms with Crippen molar-refractivity contribution in [3.63, 3.8) is 0 Å². The number of likely N-dealkylation sites (tertiary alicyclic amines) is 1. The summed E-state index contributed by atoms with van der Waals surface area (Å²) in [5, 5.41) is 12.6. The average molecular weight is 469 g/mol. The van der Waals surface area contributed by atoms with Crippen LogP contribution in [0.2, 0.25) is 0 Å². The molecule has 1 aliphatic heterocycles. The van der Waals surface area contributed by atoms with E-state index in [4.69, 9.17) is 0 Å². The molecule has 0 aliphatic carbocycles. The van der Waals surface area contributed by atoms with E-state index < -0.39 is 0 Å². The number of carbonyl (C=O) groups is 1. The van der Waals surface area contributed by atoms with Crippen LogP contribution in [0.4, 0.5) is 5.82 Å². The van der Waals surface area contributed by atoms with Crippen molar-refractivity contribution in [3.05, 3.63) is 78.2 Å². The third kappa shape index (κ3) is 5.36. The molecule has 0 unspecified atom stereocenters. The highest BCUT2D eigenvalue weighted by Crippen LogP contribution is 2.21. The van der Waals surface area contributed by atoms with Gasteiger partial charge in [0.2, 0.25) is 0 Å². The number of amides is 1. The first-order valence-electron chi connectivity index (χ1n) is 11.9. The first kappa shape index (κ1) is 22.7. The van der Waals surface area contributed by atoms with Gasteiger partial charge in [-0.1, -0.05) is 36.4 Å². The molecule has 2 aromatic carbocycles. The van der Waals surface area contributed by atoms with Gasteiger partial charge < -0.3 is 10.2 Å². The quantitative estimate of drug-likeness (QED) is 0.222. The summed E-state index contributed by atoms with van der Waals surface area (Å²) in [7, 11) is 0. The second kappa shape index (κ2) is 10.9. The van der Waals surface area contributed by atoms with Gasteiger partial charge in [0.25, 0.3) is 5.91 Å². The molecule has 9 nitrogen and oxygen atoms in total. The second-order valence-corrected chi connectivity index (χ2v) is 8.47. The van der Waals surface area contributed by atoms with Crippen molar-refractivity contribution < 1.29 is 4.79 Å². The van der Waals surface area contributed by atoms with E-state index in [0.717, 1.165) is 29.6 Å². The normalized spacial score (nSPS) is 14.1. The molecule has 1 amide bonds. The summed E-state index contributed by atoms with van der Waals surface area (Å²) in [4.78, 5) is 23.9. The van der Waals surface area contributed by atoms with Crippen LogP contribution in [0.3, 0.4) is 0 Å². The Morgan fingerprint density at radius 2 is 1.83 bits per heavy atom. The number of nitrogens with one attached hydrogen (secondary N) is 2. The first-order chi connectivity index (χ1) is 17.3. The highest BCUT2D eigenvalue weighted by molar-refractivity contribution is 6.02. The minimum Gasteiger partial charge on any atom is -0.352 e. The zero-order valence-electron chi connectivity index (χ0n) is 19.5. The van der Waals surface area contributed by atoms with Crippen molar-refractivity contribution >= 4 is 29.0 Å². The van der Waals surface area contributed by atoms with Crippen LogP contribution >= 0.6 is 0 Å². The number of hydrazone groups is 1. The number of nitrogens with zero attached hydrogens (tertiary/aromatic N) is 6. The average Bonchev–Trinajstić information content (AvgIpc) is 3.58. The van der Waals surface area contributed by atoms with E-state index in [9.17, 15) is 4.79 Å². The van der Waals surface area contributed by atoms with Gasteiger partial charge >= 0.3 is 0 Å². The Bertz CT molecular complexity index is 1310. The number of aromatic nitrogens is 4. The fraction of sp³-hybridized carbons (Fsp3) is 0.269. The van der Waals surface area contributed by atoms with Gasteiger partial charge in [0.05, 0.1) is 23.5 Å². The van der Waals surface area contributed by atoms with E-state index in [1.807, 2.05) is 54.6 Å². The molecule has 0 radical (unpaired) electrons. The summed E-state index contributed by atoms with van der Waals surface area (Å²) in [6.45, 7) is 4.03. The summed E-state index contributed by atoms with van der Waals surface area (Å²) in [5.41, 5.74) is 5.88. The number of carbonyl (C=O) groups excluding carboxylic acids is 1. The maximum absolute atomic E-state index is 12.8. The highest BCUT2D eigenvalue weighted by atomic mass is 16.1. The fourth-order valence-electron chi connectivity index (χ4n) is 4.28. The molecular weight excluding hydrogens is 440 g/mol. The van der Waals surface area contributed by atoms with Gasteiger partial charge in [0.1, 0.15) is 6.33 Å². The van der Waals surface area contributed by atoms with Crippen molar-refractivity contribution in [1.29, 1.82) is 0 Å². The van der Waals surface area contributed by atoms with E-state index >= 15 is 0 Å². The summed E-state index contributed by atoms with van der Waals surface area (Å²) in [6.07, 6.45) is 8.33. The molecule has 2 N–H and O–H groups in total. The lowest BCUT2D eigenvalue weighted by atomic mass is 10.1. The monoisotopic (exact) mass is 468 g/mol. The number of anilines is 1. The van der Waals surface area contributed by atoms with Gasteiger partial charge in [0.15, 0.2) is 11.5 Å². The molecule has 178 valence electrons. The Hall–Kier alpha value is -4.11. The van der Waals surface area contributed by atoms with Gasteiger partial charge in [-0.05, 0) is 57.1 Å². The number of benzene rings is 2. The van der Waals surface area contributed by atoms with Crippen LogP contribution < -0.4 is 10.7 Å². The summed E-state index contributed by atoms with van der Waals surface area (Å²) < 4.78 is 1.76. The molecular formula is C26H28N8O. The Morgan fingerprint density at radius 3 is 2.69 bits per heavy atom. The molecule has 9 heteroatoms. The van der Waals surface area contributed by atoms with E-state index in [-0.39, 0.29) is 5.91 Å². The minimum atomic E-state index is -0.0953. The molecule has 1 saturated heterocycles. The molecule has 0 spiro atoms. The fourth-order valence-corrected chi connectivity index (χ4v) is 4.28. The van der Waals surface area contributed by atoms with Crippen LogP contribution in [-0.2, 0) is 0 Å². The van der Waals surface area contributed by atoms with Gasteiger partial charge in [-0.15, -0.1) is 0 Å². The lowest BCUT2D eigenvalue weighted by Gasteiger charge is -2.14. The predicted molar refractivity (Wildman–Crippen MR) is 137 cm³/mol. The standard InChI is InChI=1S/C26H28N8O/c35-26(27-13-8-16-33-14-6-7-15-33)22-12-5-4-9-20(22)17-30-32-24-23-18-31-34(25(23)29-19-28-24)21-10-2-1-3-11-21/h1-5,9-12,17-19H,6-8,13-16H2,(H,27,35)(H,28,29,32)/b30-17+. The zero-order chi connectivity index (χ0) is 23.9. The van der Waals surface area contributed by atoms with Crippen molar-refractivity contribution in [2.75, 3.05) is 31.6 Å². The van der Waals surface area contributed by atoms with Gasteiger partial charge in [0, 0.05) is 17.7 Å². The molecule has 3 heterocycles. The summed E-state index contributed by atoms with van der Waals surface area (Å²) in [5.74, 6) is 0.444. The lowest BCUT2D eigenvalue weighted by molar-refractivity contribution is 0.0952. The Labute approximate surface area is 203 Å². The molecule has 5 rings (SSSR count). The maximum Gasteiger partial charge on any atom is 0.251 e. The van der Waals surface area contributed by atoms with Crippen LogP contribution in [0.25, 0.3) is 16.7 Å². The van der Waals surface area contributed by atoms with E-state index in [0.29, 0.717) is 23.6 Å². The van der Waals surface area contributed by atoms with E-state index in [2.05, 4.69) is 35.8 Å². The topological polar surface area (TPSA) is 100 Å². The van der Waals surface area contributed by atoms with Crippen LogP contribution in [-0.4, -0.2) is 62.9 Å². The third-order valence-electron chi connectivity index (χ3n) is 6.08. The zero-order valence-corrected chi connectivity index (χ0v) is 19.5. The smallest absolute Gasteiger partial charge is 0.251 e. The molecule has 2 aromatic heterocycles. The van der Waals surface area contributed by atoms with E-state index in [1.165, 1.54) is 32.3 Å². The first-order valence-corrected chi connectivity index (χ1v) is 11.9. The number of hydrogen-bond donors (Lipinski definition) is 2. The SMILES string of the molecule is O=C(NCCCN1CCCC1)c1ccccc1/C=N/Nc1ncnc2c1cnn2-c1ccccc1. The maximum atomic E-state index is 12.8. The number of hydrogen-bond acceptors (Lipinski definition) is 7. The lowest BCUT2D eigenvalue weighted by Crippen LogP contribution is -2.29. The highest BCUT2D eigenvalue weighted by Gasteiger charge is 2.13. The van der Waals surface area contributed by atoms with Gasteiger partial charge in [-0.3, -0.25) is 10.2 Å². The van der Waals surface area contributed by atoms with Crippen molar-refractivity contribution in [3.8, 4) is 5.69 Å². The molecule has 4 aromatic rings. The number of rotatable bonds is 9. The van der Waals surface area contributed by atoms with Crippen LogP contribution in [0.15, 0.2) is 72.2 Å². The summed E-state index contributed by atoms with van der Waals surface area (Å²) in [6, 6.07) is 17.2. The number of para-hydroxylation sites is 1. The van der Waals surface area contributed by atoms with E-state index in [1.54, 1.807) is 17.1 Å². The summed E-state index contributed by atoms with van der Waals surface area (Å²) >= 11 is 0. The minimum absolute atomic E-state index is 0.0953. The number of fused-ring (bicyclic) bond motifs is 1. The predicted octanol–water partition coefficient (Wildman–Crippen LogP) is 3.48. The van der Waals surface area contributed by atoms with Crippen molar-refractivity contribution in [1.82, 2.24) is 30.0 Å². The third-order valence-corrected chi connectivity index (χ3v) is 6.08. The van der Waals surface area contributed by atoms with Crippen molar-refractivity contribution in [2.24, 2.45) is 5.10 Å². The van der Waals surface area contributed by atoms with Crippen LogP contribution in [0.1, 0.15) is 35.2 Å². The molecule has 1 aliphatic rings. The molecule has 35 heavy (non-hydrogen) atoms. The molecule has 0 bridgehead atoms. The van der Waals surface area contributed by atoms with Crippen LogP contribution in [0, 0.1) is 0 Å². The second-order valence-electron chi connectivity index (χ2n) is 8.47. The molecule has 0 atom stereocenters. The van der Waals surface area contributed by atoms with Crippen molar-refractivity contribution in [2.45, 2.75) is 19.3 Å². The van der Waals surface area contributed by atoms with Crippen LogP contribution in [0.5, 0.6) is 0 Å². The largest absolute Gasteiger partial charge is 0.352 e. The Balaban J connectivity index is 1.24. The van der Waals surface area contributed by atoms with Gasteiger partial charge in [-0.25, -0.2) is 14.6 Å². The Kier molecular flexibility index (Phi) is 7.05. The van der Waals surface area contributed by atoms with Gasteiger partial charge in [-0.2, -0.15) is 10.2 Å². The Morgan fingerprint density at radius 1 is 1.03 bits per heavy atom. The molecule has 1 fully saturated rings.